The molecule has 110 valence electrons. The Balaban J connectivity index is 2.51. The van der Waals surface area contributed by atoms with E-state index in [1.807, 2.05) is 0 Å². The Morgan fingerprint density at radius 2 is 1.95 bits per heavy atom. The summed E-state index contributed by atoms with van der Waals surface area (Å²) in [7, 11) is 1.56. The maximum Gasteiger partial charge on any atom is 0.337 e. The number of carbonyl (C=O) groups is 2. The van der Waals surface area contributed by atoms with Crippen LogP contribution >= 0.6 is 0 Å². The van der Waals surface area contributed by atoms with Gasteiger partial charge in [0.15, 0.2) is 5.60 Å². The SMILES string of the molecule is CN(C(=O)NCC(C)(O)C(=O)O)C1CCCCC1O. The number of aliphatic carboxylic acids is 1. The Labute approximate surface area is 112 Å². The molecule has 1 rings (SSSR count). The Bertz CT molecular complexity index is 345. The molecule has 19 heavy (non-hydrogen) atoms. The van der Waals surface area contributed by atoms with Crippen molar-refractivity contribution >= 4 is 12.0 Å². The summed E-state index contributed by atoms with van der Waals surface area (Å²) in [4.78, 5) is 23.9. The number of likely N-dealkylation sites (N-methyl/N-ethyl adjacent to an activating group) is 1. The fourth-order valence-corrected chi connectivity index (χ4v) is 2.14. The summed E-state index contributed by atoms with van der Waals surface area (Å²) >= 11 is 0. The van der Waals surface area contributed by atoms with Gasteiger partial charge in [-0.2, -0.15) is 0 Å². The molecule has 1 saturated carbocycles. The number of hydrogen-bond donors (Lipinski definition) is 4. The van der Waals surface area contributed by atoms with E-state index in [-0.39, 0.29) is 12.6 Å². The minimum Gasteiger partial charge on any atom is -0.479 e. The molecule has 1 aliphatic carbocycles. The summed E-state index contributed by atoms with van der Waals surface area (Å²) in [5.41, 5.74) is -2.00. The number of carboxylic acid groups (broad SMARTS) is 1. The highest BCUT2D eigenvalue weighted by molar-refractivity contribution is 5.79. The molecule has 3 unspecified atom stereocenters. The van der Waals surface area contributed by atoms with E-state index in [2.05, 4.69) is 5.32 Å². The molecule has 0 saturated heterocycles. The Morgan fingerprint density at radius 3 is 2.47 bits per heavy atom. The Hall–Kier alpha value is -1.34. The van der Waals surface area contributed by atoms with Crippen molar-refractivity contribution in [2.75, 3.05) is 13.6 Å². The number of amides is 2. The van der Waals surface area contributed by atoms with Crippen molar-refractivity contribution in [2.24, 2.45) is 0 Å². The van der Waals surface area contributed by atoms with Crippen molar-refractivity contribution < 1.29 is 24.9 Å². The molecule has 0 aromatic carbocycles. The van der Waals surface area contributed by atoms with Crippen LogP contribution in [0.1, 0.15) is 32.6 Å². The van der Waals surface area contributed by atoms with Crippen LogP contribution in [-0.4, -0.2) is 63.6 Å². The first-order valence-corrected chi connectivity index (χ1v) is 6.40. The molecule has 0 spiro atoms. The van der Waals surface area contributed by atoms with Gasteiger partial charge >= 0.3 is 12.0 Å². The average molecular weight is 274 g/mol. The molecule has 4 N–H and O–H groups in total. The molecule has 7 heteroatoms. The minimum absolute atomic E-state index is 0.261. The lowest BCUT2D eigenvalue weighted by Crippen LogP contribution is -2.54. The van der Waals surface area contributed by atoms with Crippen molar-refractivity contribution in [3.63, 3.8) is 0 Å². The van der Waals surface area contributed by atoms with Gasteiger partial charge in [-0.25, -0.2) is 9.59 Å². The number of carbonyl (C=O) groups excluding carboxylic acids is 1. The van der Waals surface area contributed by atoms with Crippen molar-refractivity contribution in [3.8, 4) is 0 Å². The van der Waals surface area contributed by atoms with Crippen molar-refractivity contribution in [1.29, 1.82) is 0 Å². The summed E-state index contributed by atoms with van der Waals surface area (Å²) in [5, 5.41) is 30.4. The normalized spacial score (nSPS) is 26.3. The number of urea groups is 1. The topological polar surface area (TPSA) is 110 Å². The Morgan fingerprint density at radius 1 is 1.37 bits per heavy atom. The summed E-state index contributed by atoms with van der Waals surface area (Å²) < 4.78 is 0. The molecule has 0 aromatic heterocycles. The second-order valence-electron chi connectivity index (χ2n) is 5.27. The quantitative estimate of drug-likeness (QED) is 0.566. The maximum absolute atomic E-state index is 11.9. The van der Waals surface area contributed by atoms with E-state index in [1.54, 1.807) is 7.05 Å². The lowest BCUT2D eigenvalue weighted by atomic mass is 9.92. The van der Waals surface area contributed by atoms with Gasteiger partial charge in [-0.05, 0) is 19.8 Å². The number of nitrogens with zero attached hydrogens (tertiary/aromatic N) is 1. The zero-order valence-electron chi connectivity index (χ0n) is 11.3. The Kier molecular flexibility index (Phi) is 5.13. The third-order valence-electron chi connectivity index (χ3n) is 3.56. The summed E-state index contributed by atoms with van der Waals surface area (Å²) in [6.07, 6.45) is 2.73. The zero-order valence-corrected chi connectivity index (χ0v) is 11.3. The molecular formula is C12H22N2O5. The standard InChI is InChI=1S/C12H22N2O5/c1-12(19,10(16)17)7-13-11(18)14(2)8-5-3-4-6-9(8)15/h8-9,15,19H,3-7H2,1-2H3,(H,13,18)(H,16,17). The average Bonchev–Trinajstić information content (AvgIpc) is 2.35. The van der Waals surface area contributed by atoms with E-state index in [9.17, 15) is 19.8 Å². The first kappa shape index (κ1) is 15.7. The number of carboxylic acids is 1. The van der Waals surface area contributed by atoms with Gasteiger partial charge in [0.2, 0.25) is 0 Å². The monoisotopic (exact) mass is 274 g/mol. The van der Waals surface area contributed by atoms with Gasteiger partial charge in [-0.1, -0.05) is 12.8 Å². The summed E-state index contributed by atoms with van der Waals surface area (Å²) in [6.45, 7) is 0.736. The summed E-state index contributed by atoms with van der Waals surface area (Å²) in [6, 6.07) is -0.754. The van der Waals surface area contributed by atoms with Gasteiger partial charge in [0.1, 0.15) is 0 Å². The van der Waals surface area contributed by atoms with Crippen LogP contribution in [0.2, 0.25) is 0 Å². The first-order chi connectivity index (χ1) is 8.75. The maximum atomic E-state index is 11.9. The third-order valence-corrected chi connectivity index (χ3v) is 3.56. The number of aliphatic hydroxyl groups is 2. The van der Waals surface area contributed by atoms with E-state index in [0.29, 0.717) is 6.42 Å². The molecule has 0 heterocycles. The molecule has 3 atom stereocenters. The first-order valence-electron chi connectivity index (χ1n) is 6.40. The van der Waals surface area contributed by atoms with Crippen molar-refractivity contribution in [1.82, 2.24) is 10.2 Å². The fourth-order valence-electron chi connectivity index (χ4n) is 2.14. The number of aliphatic hydroxyl groups excluding tert-OH is 1. The second-order valence-corrected chi connectivity index (χ2v) is 5.27. The van der Waals surface area contributed by atoms with Gasteiger partial charge in [-0.3, -0.25) is 0 Å². The highest BCUT2D eigenvalue weighted by Gasteiger charge is 2.33. The van der Waals surface area contributed by atoms with E-state index in [0.717, 1.165) is 26.2 Å². The largest absolute Gasteiger partial charge is 0.479 e. The number of nitrogens with one attached hydrogen (secondary N) is 1. The zero-order chi connectivity index (χ0) is 14.6. The van der Waals surface area contributed by atoms with Crippen LogP contribution in [0.15, 0.2) is 0 Å². The molecule has 1 aliphatic rings. The van der Waals surface area contributed by atoms with E-state index >= 15 is 0 Å². The molecule has 7 nitrogen and oxygen atoms in total. The molecule has 0 aromatic rings. The smallest absolute Gasteiger partial charge is 0.337 e. The van der Waals surface area contributed by atoms with Crippen molar-refractivity contribution in [2.45, 2.75) is 50.4 Å². The fraction of sp³-hybridized carbons (Fsp3) is 0.833. The van der Waals surface area contributed by atoms with Crippen LogP contribution in [-0.2, 0) is 4.79 Å². The van der Waals surface area contributed by atoms with Crippen LogP contribution < -0.4 is 5.32 Å². The van der Waals surface area contributed by atoms with Crippen LogP contribution in [0.5, 0.6) is 0 Å². The predicted molar refractivity (Wildman–Crippen MR) is 67.7 cm³/mol. The van der Waals surface area contributed by atoms with Gasteiger partial charge in [0, 0.05) is 7.05 Å². The number of hydrogen-bond acceptors (Lipinski definition) is 4. The molecular weight excluding hydrogens is 252 g/mol. The highest BCUT2D eigenvalue weighted by Crippen LogP contribution is 2.22. The molecule has 0 radical (unpaired) electrons. The van der Waals surface area contributed by atoms with Gasteiger partial charge in [0.05, 0.1) is 18.7 Å². The van der Waals surface area contributed by atoms with E-state index < -0.39 is 23.7 Å². The summed E-state index contributed by atoms with van der Waals surface area (Å²) in [5.74, 6) is -1.40. The van der Waals surface area contributed by atoms with Gasteiger partial charge < -0.3 is 25.5 Å². The van der Waals surface area contributed by atoms with Crippen LogP contribution in [0, 0.1) is 0 Å². The van der Waals surface area contributed by atoms with Crippen LogP contribution in [0.25, 0.3) is 0 Å². The molecule has 1 fully saturated rings. The van der Waals surface area contributed by atoms with Crippen molar-refractivity contribution in [3.05, 3.63) is 0 Å². The van der Waals surface area contributed by atoms with Gasteiger partial charge in [-0.15, -0.1) is 0 Å². The third kappa shape index (κ3) is 4.07. The second kappa shape index (κ2) is 6.21. The van der Waals surface area contributed by atoms with Gasteiger partial charge in [0.25, 0.3) is 0 Å². The minimum atomic E-state index is -2.00. The highest BCUT2D eigenvalue weighted by atomic mass is 16.4. The molecule has 0 bridgehead atoms. The van der Waals surface area contributed by atoms with Crippen LogP contribution in [0.3, 0.4) is 0 Å². The number of rotatable bonds is 4. The van der Waals surface area contributed by atoms with E-state index in [4.69, 9.17) is 5.11 Å². The lowest BCUT2D eigenvalue weighted by molar-refractivity contribution is -0.155. The van der Waals surface area contributed by atoms with Crippen LogP contribution in [0.4, 0.5) is 4.79 Å². The van der Waals surface area contributed by atoms with E-state index in [1.165, 1.54) is 4.90 Å². The molecule has 2 amide bonds. The predicted octanol–water partition coefficient (Wildman–Crippen LogP) is -0.233. The lowest BCUT2D eigenvalue weighted by Gasteiger charge is -2.35. The molecule has 0 aliphatic heterocycles.